The molecule has 2 aromatic carbocycles. The van der Waals surface area contributed by atoms with E-state index in [4.69, 9.17) is 0 Å². The Morgan fingerprint density at radius 2 is 2.14 bits per heavy atom. The summed E-state index contributed by atoms with van der Waals surface area (Å²) in [7, 11) is 0. The average Bonchev–Trinajstić information content (AvgIpc) is 2.50. The minimum absolute atomic E-state index is 0.000948. The molecule has 1 amide bonds. The van der Waals surface area contributed by atoms with Crippen LogP contribution >= 0.6 is 0 Å². The van der Waals surface area contributed by atoms with Gasteiger partial charge in [0.25, 0.3) is 5.91 Å². The number of fused-ring (bicyclic) bond motifs is 1. The maximum absolute atomic E-state index is 12.4. The van der Waals surface area contributed by atoms with E-state index in [0.717, 1.165) is 41.9 Å². The minimum atomic E-state index is -0.282. The summed E-state index contributed by atoms with van der Waals surface area (Å²) >= 11 is 0. The lowest BCUT2D eigenvalue weighted by atomic mass is 10.0. The molecule has 0 saturated carbocycles. The number of amides is 1. The van der Waals surface area contributed by atoms with Gasteiger partial charge in [0.05, 0.1) is 5.56 Å². The summed E-state index contributed by atoms with van der Waals surface area (Å²) in [6.07, 6.45) is 1.99. The number of carbonyl (C=O) groups excluding carboxylic acids is 1. The Hall–Kier alpha value is -2.49. The Labute approximate surface area is 123 Å². The highest BCUT2D eigenvalue weighted by Crippen LogP contribution is 2.29. The van der Waals surface area contributed by atoms with Gasteiger partial charge < -0.3 is 15.7 Å². The Morgan fingerprint density at radius 1 is 1.29 bits per heavy atom. The number of carbonyl (C=O) groups is 1. The molecule has 0 saturated heterocycles. The van der Waals surface area contributed by atoms with Gasteiger partial charge >= 0.3 is 0 Å². The second kappa shape index (κ2) is 5.48. The van der Waals surface area contributed by atoms with Crippen LogP contribution < -0.4 is 10.6 Å². The molecule has 3 N–H and O–H groups in total. The van der Waals surface area contributed by atoms with Crippen molar-refractivity contribution in [3.05, 3.63) is 53.1 Å². The first-order valence-electron chi connectivity index (χ1n) is 7.12. The largest absolute Gasteiger partial charge is 0.507 e. The molecule has 1 aliphatic rings. The van der Waals surface area contributed by atoms with E-state index in [1.165, 1.54) is 0 Å². The van der Waals surface area contributed by atoms with E-state index in [0.29, 0.717) is 5.56 Å². The van der Waals surface area contributed by atoms with Gasteiger partial charge in [-0.2, -0.15) is 0 Å². The van der Waals surface area contributed by atoms with Crippen molar-refractivity contribution in [1.29, 1.82) is 0 Å². The van der Waals surface area contributed by atoms with Gasteiger partial charge in [-0.15, -0.1) is 0 Å². The van der Waals surface area contributed by atoms with Gasteiger partial charge in [-0.25, -0.2) is 0 Å². The van der Waals surface area contributed by atoms with E-state index in [1.54, 1.807) is 18.2 Å². The Balaban J connectivity index is 1.90. The van der Waals surface area contributed by atoms with Gasteiger partial charge in [0, 0.05) is 17.9 Å². The smallest absolute Gasteiger partial charge is 0.259 e. The lowest BCUT2D eigenvalue weighted by Crippen LogP contribution is -2.17. The van der Waals surface area contributed by atoms with Crippen molar-refractivity contribution in [2.45, 2.75) is 19.8 Å². The standard InChI is InChI=1S/C17H18N2O2/c1-11-7-8-16(20)13(10-11)17(21)19-15-6-2-5-14-12(15)4-3-9-18-14/h2,5-8,10,18,20H,3-4,9H2,1H3,(H,19,21). The average molecular weight is 282 g/mol. The summed E-state index contributed by atoms with van der Waals surface area (Å²) in [5.74, 6) is -0.281. The summed E-state index contributed by atoms with van der Waals surface area (Å²) in [4.78, 5) is 12.4. The molecule has 1 heterocycles. The quantitative estimate of drug-likeness (QED) is 0.792. The van der Waals surface area contributed by atoms with E-state index in [-0.39, 0.29) is 11.7 Å². The fraction of sp³-hybridized carbons (Fsp3) is 0.235. The van der Waals surface area contributed by atoms with Crippen molar-refractivity contribution in [2.24, 2.45) is 0 Å². The number of hydrogen-bond acceptors (Lipinski definition) is 3. The zero-order valence-corrected chi connectivity index (χ0v) is 11.9. The number of aromatic hydroxyl groups is 1. The van der Waals surface area contributed by atoms with Gasteiger partial charge in [-0.1, -0.05) is 17.7 Å². The molecule has 4 nitrogen and oxygen atoms in total. The van der Waals surface area contributed by atoms with E-state index in [2.05, 4.69) is 10.6 Å². The third-order valence-corrected chi connectivity index (χ3v) is 3.74. The first-order valence-corrected chi connectivity index (χ1v) is 7.12. The monoisotopic (exact) mass is 282 g/mol. The molecule has 0 fully saturated rings. The summed E-state index contributed by atoms with van der Waals surface area (Å²) in [5.41, 5.74) is 4.26. The molecule has 1 aliphatic heterocycles. The lowest BCUT2D eigenvalue weighted by molar-refractivity contribution is 0.102. The summed E-state index contributed by atoms with van der Waals surface area (Å²) in [6, 6.07) is 10.9. The highest BCUT2D eigenvalue weighted by Gasteiger charge is 2.16. The number of hydrogen-bond donors (Lipinski definition) is 3. The molecule has 108 valence electrons. The number of anilines is 2. The molecule has 0 bridgehead atoms. The van der Waals surface area contributed by atoms with Gasteiger partial charge in [0.15, 0.2) is 0 Å². The van der Waals surface area contributed by atoms with Crippen molar-refractivity contribution in [3.8, 4) is 5.75 Å². The number of rotatable bonds is 2. The second-order valence-electron chi connectivity index (χ2n) is 5.34. The highest BCUT2D eigenvalue weighted by molar-refractivity contribution is 6.07. The molecule has 0 aliphatic carbocycles. The number of benzene rings is 2. The topological polar surface area (TPSA) is 61.4 Å². The Bertz CT molecular complexity index is 695. The second-order valence-corrected chi connectivity index (χ2v) is 5.34. The van der Waals surface area contributed by atoms with Gasteiger partial charge in [0.1, 0.15) is 5.75 Å². The third kappa shape index (κ3) is 2.70. The van der Waals surface area contributed by atoms with E-state index < -0.39 is 0 Å². The predicted molar refractivity (Wildman–Crippen MR) is 84.0 cm³/mol. The van der Waals surface area contributed by atoms with Crippen molar-refractivity contribution in [3.63, 3.8) is 0 Å². The molecule has 0 atom stereocenters. The van der Waals surface area contributed by atoms with Crippen LogP contribution in [0.15, 0.2) is 36.4 Å². The maximum atomic E-state index is 12.4. The van der Waals surface area contributed by atoms with Crippen LogP contribution in [0.5, 0.6) is 5.75 Å². The number of nitrogens with one attached hydrogen (secondary N) is 2. The van der Waals surface area contributed by atoms with Crippen LogP contribution in [0.1, 0.15) is 27.9 Å². The molecule has 4 heteroatoms. The minimum Gasteiger partial charge on any atom is -0.507 e. The lowest BCUT2D eigenvalue weighted by Gasteiger charge is -2.21. The van der Waals surface area contributed by atoms with Crippen LogP contribution in [-0.2, 0) is 6.42 Å². The van der Waals surface area contributed by atoms with E-state index >= 15 is 0 Å². The van der Waals surface area contributed by atoms with Crippen LogP contribution in [0.3, 0.4) is 0 Å². The molecule has 2 aromatic rings. The number of phenolic OH excluding ortho intramolecular Hbond substituents is 1. The van der Waals surface area contributed by atoms with Crippen LogP contribution in [0, 0.1) is 6.92 Å². The molecule has 3 rings (SSSR count). The maximum Gasteiger partial charge on any atom is 0.259 e. The molecular weight excluding hydrogens is 264 g/mol. The summed E-state index contributed by atoms with van der Waals surface area (Å²) in [6.45, 7) is 2.85. The van der Waals surface area contributed by atoms with Gasteiger partial charge in [0.2, 0.25) is 0 Å². The Kier molecular flexibility index (Phi) is 3.52. The number of phenols is 1. The SMILES string of the molecule is Cc1ccc(O)c(C(=O)Nc2cccc3c2CCCN3)c1. The first kappa shape index (κ1) is 13.5. The summed E-state index contributed by atoms with van der Waals surface area (Å²) in [5, 5.41) is 16.1. The molecule has 0 radical (unpaired) electrons. The van der Waals surface area contributed by atoms with Crippen molar-refractivity contribution >= 4 is 17.3 Å². The van der Waals surface area contributed by atoms with Crippen molar-refractivity contribution in [1.82, 2.24) is 0 Å². The van der Waals surface area contributed by atoms with E-state index in [1.807, 2.05) is 25.1 Å². The van der Waals surface area contributed by atoms with Crippen molar-refractivity contribution < 1.29 is 9.90 Å². The molecular formula is C17H18N2O2. The zero-order valence-electron chi connectivity index (χ0n) is 11.9. The molecule has 21 heavy (non-hydrogen) atoms. The zero-order chi connectivity index (χ0) is 14.8. The van der Waals surface area contributed by atoms with Crippen LogP contribution in [0.2, 0.25) is 0 Å². The van der Waals surface area contributed by atoms with Gasteiger partial charge in [-0.3, -0.25) is 4.79 Å². The summed E-state index contributed by atoms with van der Waals surface area (Å²) < 4.78 is 0. The Morgan fingerprint density at radius 3 is 3.00 bits per heavy atom. The number of aryl methyl sites for hydroxylation is 1. The first-order chi connectivity index (χ1) is 10.1. The van der Waals surface area contributed by atoms with Crippen molar-refractivity contribution in [2.75, 3.05) is 17.2 Å². The van der Waals surface area contributed by atoms with Crippen LogP contribution in [0.25, 0.3) is 0 Å². The fourth-order valence-corrected chi connectivity index (χ4v) is 2.65. The van der Waals surface area contributed by atoms with Crippen LogP contribution in [0.4, 0.5) is 11.4 Å². The normalized spacial score (nSPS) is 13.2. The molecule has 0 unspecified atom stereocenters. The van der Waals surface area contributed by atoms with E-state index in [9.17, 15) is 9.90 Å². The van der Waals surface area contributed by atoms with Gasteiger partial charge in [-0.05, 0) is 49.6 Å². The predicted octanol–water partition coefficient (Wildman–Crippen LogP) is 3.31. The molecule has 0 spiro atoms. The fourth-order valence-electron chi connectivity index (χ4n) is 2.65. The molecule has 0 aromatic heterocycles. The van der Waals surface area contributed by atoms with Crippen LogP contribution in [-0.4, -0.2) is 17.6 Å². The highest BCUT2D eigenvalue weighted by atomic mass is 16.3. The third-order valence-electron chi connectivity index (χ3n) is 3.74.